The Morgan fingerprint density at radius 2 is 1.74 bits per heavy atom. The van der Waals surface area contributed by atoms with Crippen LogP contribution in [0, 0.1) is 25.7 Å². The second-order valence-corrected chi connectivity index (χ2v) is 7.29. The molecule has 144 valence electrons. The van der Waals surface area contributed by atoms with Crippen molar-refractivity contribution in [3.8, 4) is 0 Å². The van der Waals surface area contributed by atoms with Crippen LogP contribution in [0.5, 0.6) is 0 Å². The second-order valence-electron chi connectivity index (χ2n) is 7.29. The highest BCUT2D eigenvalue weighted by Crippen LogP contribution is 2.37. The minimum absolute atomic E-state index is 0.290. The van der Waals surface area contributed by atoms with Gasteiger partial charge in [-0.15, -0.1) is 0 Å². The smallest absolute Gasteiger partial charge is 0.326 e. The molecule has 27 heavy (non-hydrogen) atoms. The van der Waals surface area contributed by atoms with E-state index in [0.717, 1.165) is 28.9 Å². The van der Waals surface area contributed by atoms with Gasteiger partial charge in [0.15, 0.2) is 6.61 Å². The van der Waals surface area contributed by atoms with Gasteiger partial charge in [-0.3, -0.25) is 24.1 Å². The number of rotatable bonds is 5. The first-order chi connectivity index (χ1) is 12.9. The maximum absolute atomic E-state index is 12.4. The van der Waals surface area contributed by atoms with Crippen molar-refractivity contribution in [1.29, 1.82) is 0 Å². The van der Waals surface area contributed by atoms with E-state index in [2.05, 4.69) is 5.32 Å². The van der Waals surface area contributed by atoms with Gasteiger partial charge >= 0.3 is 5.97 Å². The van der Waals surface area contributed by atoms with Crippen molar-refractivity contribution in [2.45, 2.75) is 39.5 Å². The minimum atomic E-state index is -0.758. The number of ether oxygens (including phenoxy) is 1. The second kappa shape index (κ2) is 7.90. The molecule has 0 aromatic heterocycles. The highest BCUT2D eigenvalue weighted by molar-refractivity contribution is 6.07. The van der Waals surface area contributed by atoms with E-state index in [0.29, 0.717) is 18.5 Å². The molecule has 1 saturated carbocycles. The number of hydrogen-bond acceptors (Lipinski definition) is 5. The number of aryl methyl sites for hydroxylation is 2. The Labute approximate surface area is 158 Å². The Balaban J connectivity index is 1.51. The topological polar surface area (TPSA) is 92.8 Å². The fraction of sp³-hybridized carbons (Fsp3) is 0.500. The highest BCUT2D eigenvalue weighted by atomic mass is 16.5. The number of imide groups is 1. The number of amides is 3. The number of anilines is 1. The monoisotopic (exact) mass is 372 g/mol. The van der Waals surface area contributed by atoms with Gasteiger partial charge in [-0.25, -0.2) is 0 Å². The molecule has 1 aromatic carbocycles. The van der Waals surface area contributed by atoms with Gasteiger partial charge in [0.25, 0.3) is 5.91 Å². The third kappa shape index (κ3) is 4.18. The van der Waals surface area contributed by atoms with Crippen LogP contribution in [0.25, 0.3) is 0 Å². The van der Waals surface area contributed by atoms with Crippen LogP contribution >= 0.6 is 0 Å². The molecule has 2 fully saturated rings. The molecule has 0 radical (unpaired) electrons. The molecular formula is C20H24N2O5. The molecule has 3 amide bonds. The molecule has 2 atom stereocenters. The zero-order valence-corrected chi connectivity index (χ0v) is 15.6. The fourth-order valence-corrected chi connectivity index (χ4v) is 3.76. The maximum Gasteiger partial charge on any atom is 0.326 e. The summed E-state index contributed by atoms with van der Waals surface area (Å²) >= 11 is 0. The lowest BCUT2D eigenvalue weighted by Crippen LogP contribution is -2.37. The van der Waals surface area contributed by atoms with E-state index < -0.39 is 25.0 Å². The summed E-state index contributed by atoms with van der Waals surface area (Å²) in [6.45, 7) is 2.89. The molecule has 1 aromatic rings. The molecule has 0 unspecified atom stereocenters. The summed E-state index contributed by atoms with van der Waals surface area (Å²) in [5.74, 6) is -2.41. The first-order valence-electron chi connectivity index (χ1n) is 9.25. The van der Waals surface area contributed by atoms with Gasteiger partial charge in [0, 0.05) is 5.69 Å². The molecule has 2 aliphatic rings. The van der Waals surface area contributed by atoms with Gasteiger partial charge in [0.2, 0.25) is 11.8 Å². The number of carbonyl (C=O) groups excluding carboxylic acids is 4. The van der Waals surface area contributed by atoms with E-state index in [1.54, 1.807) is 0 Å². The van der Waals surface area contributed by atoms with Gasteiger partial charge in [-0.2, -0.15) is 0 Å². The van der Waals surface area contributed by atoms with Crippen LogP contribution in [0.1, 0.15) is 36.8 Å². The summed E-state index contributed by atoms with van der Waals surface area (Å²) in [6, 6.07) is 5.66. The summed E-state index contributed by atoms with van der Waals surface area (Å²) in [4.78, 5) is 49.7. The van der Waals surface area contributed by atoms with Crippen molar-refractivity contribution in [2.24, 2.45) is 11.8 Å². The quantitative estimate of drug-likeness (QED) is 0.630. The third-order valence-corrected chi connectivity index (χ3v) is 5.25. The van der Waals surface area contributed by atoms with Crippen molar-refractivity contribution in [3.05, 3.63) is 29.3 Å². The van der Waals surface area contributed by atoms with Gasteiger partial charge in [0.1, 0.15) is 6.54 Å². The van der Waals surface area contributed by atoms with Crippen LogP contribution < -0.4 is 5.32 Å². The van der Waals surface area contributed by atoms with Crippen LogP contribution in [0.4, 0.5) is 5.69 Å². The van der Waals surface area contributed by atoms with Gasteiger partial charge in [0.05, 0.1) is 11.8 Å². The minimum Gasteiger partial charge on any atom is -0.454 e. The Bertz CT molecular complexity index is 765. The van der Waals surface area contributed by atoms with Crippen LogP contribution in [-0.4, -0.2) is 41.7 Å². The molecule has 1 aliphatic heterocycles. The van der Waals surface area contributed by atoms with Gasteiger partial charge in [-0.05, 0) is 43.9 Å². The summed E-state index contributed by atoms with van der Waals surface area (Å²) in [7, 11) is 0. The first kappa shape index (κ1) is 19.1. The van der Waals surface area contributed by atoms with E-state index in [4.69, 9.17) is 4.74 Å². The standard InChI is InChI=1S/C20H24N2O5/c1-12-7-8-13(2)16(9-12)21-17(23)11-27-18(24)10-22-19(25)14-5-3-4-6-15(14)20(22)26/h7-9,14-15H,3-6,10-11H2,1-2H3,(H,21,23)/t14-,15-/m1/s1. The summed E-state index contributed by atoms with van der Waals surface area (Å²) in [6.07, 6.45) is 3.24. The number of esters is 1. The molecule has 7 heteroatoms. The Morgan fingerprint density at radius 3 is 2.37 bits per heavy atom. The van der Waals surface area contributed by atoms with E-state index in [9.17, 15) is 19.2 Å². The third-order valence-electron chi connectivity index (χ3n) is 5.25. The van der Waals surface area contributed by atoms with Crippen molar-refractivity contribution in [2.75, 3.05) is 18.5 Å². The zero-order valence-electron chi connectivity index (χ0n) is 15.6. The molecular weight excluding hydrogens is 348 g/mol. The average Bonchev–Trinajstić information content (AvgIpc) is 2.88. The zero-order chi connectivity index (χ0) is 19.6. The summed E-state index contributed by atoms with van der Waals surface area (Å²) in [5, 5.41) is 2.69. The van der Waals surface area contributed by atoms with Crippen LogP contribution in [0.15, 0.2) is 18.2 Å². The summed E-state index contributed by atoms with van der Waals surface area (Å²) < 4.78 is 4.96. The van der Waals surface area contributed by atoms with E-state index in [-0.39, 0.29) is 23.7 Å². The number of benzene rings is 1. The number of nitrogens with one attached hydrogen (secondary N) is 1. The van der Waals surface area contributed by atoms with Crippen LogP contribution in [0.2, 0.25) is 0 Å². The van der Waals surface area contributed by atoms with Crippen molar-refractivity contribution in [1.82, 2.24) is 4.90 Å². The van der Waals surface area contributed by atoms with E-state index in [1.165, 1.54) is 0 Å². The molecule has 1 N–H and O–H groups in total. The normalized spacial score (nSPS) is 21.8. The number of fused-ring (bicyclic) bond motifs is 1. The Hall–Kier alpha value is -2.70. The molecule has 1 heterocycles. The van der Waals surface area contributed by atoms with Crippen LogP contribution in [0.3, 0.4) is 0 Å². The maximum atomic E-state index is 12.4. The van der Waals surface area contributed by atoms with Gasteiger partial charge < -0.3 is 10.1 Å². The lowest BCUT2D eigenvalue weighted by Gasteiger charge is -2.19. The van der Waals surface area contributed by atoms with Crippen molar-refractivity contribution < 1.29 is 23.9 Å². The van der Waals surface area contributed by atoms with Crippen LogP contribution in [-0.2, 0) is 23.9 Å². The van der Waals surface area contributed by atoms with Crippen molar-refractivity contribution in [3.63, 3.8) is 0 Å². The molecule has 3 rings (SSSR count). The Kier molecular flexibility index (Phi) is 5.58. The highest BCUT2D eigenvalue weighted by Gasteiger charge is 2.48. The first-order valence-corrected chi connectivity index (χ1v) is 9.25. The molecule has 1 saturated heterocycles. The number of nitrogens with zero attached hydrogens (tertiary/aromatic N) is 1. The van der Waals surface area contributed by atoms with E-state index >= 15 is 0 Å². The molecule has 0 spiro atoms. The number of carbonyl (C=O) groups is 4. The lowest BCUT2D eigenvalue weighted by atomic mass is 9.81. The number of hydrogen-bond donors (Lipinski definition) is 1. The SMILES string of the molecule is Cc1ccc(C)c(NC(=O)COC(=O)CN2C(=O)[C@@H]3CCCC[C@H]3C2=O)c1. The van der Waals surface area contributed by atoms with Crippen molar-refractivity contribution >= 4 is 29.4 Å². The van der Waals surface area contributed by atoms with Gasteiger partial charge in [-0.1, -0.05) is 25.0 Å². The molecule has 0 bridgehead atoms. The molecule has 7 nitrogen and oxygen atoms in total. The average molecular weight is 372 g/mol. The number of likely N-dealkylation sites (tertiary alicyclic amines) is 1. The fourth-order valence-electron chi connectivity index (χ4n) is 3.76. The Morgan fingerprint density at radius 1 is 1.11 bits per heavy atom. The largest absolute Gasteiger partial charge is 0.454 e. The predicted octanol–water partition coefficient (Wildman–Crippen LogP) is 1.96. The van der Waals surface area contributed by atoms with E-state index in [1.807, 2.05) is 32.0 Å². The lowest BCUT2D eigenvalue weighted by molar-refractivity contribution is -0.154. The predicted molar refractivity (Wildman–Crippen MR) is 97.7 cm³/mol. The molecule has 1 aliphatic carbocycles. The summed E-state index contributed by atoms with van der Waals surface area (Å²) in [5.41, 5.74) is 2.56.